The first-order valence-corrected chi connectivity index (χ1v) is 4.08. The highest BCUT2D eigenvalue weighted by Crippen LogP contribution is 2.21. The molecule has 0 aliphatic rings. The fraction of sp³-hybridized carbons (Fsp3) is 0.200. The van der Waals surface area contributed by atoms with Crippen molar-refractivity contribution in [1.29, 1.82) is 0 Å². The lowest BCUT2D eigenvalue weighted by Crippen LogP contribution is -2.25. The van der Waals surface area contributed by atoms with Crippen LogP contribution in [0.5, 0.6) is 0 Å². The van der Waals surface area contributed by atoms with Gasteiger partial charge in [0.05, 0.1) is 0 Å². The highest BCUT2D eigenvalue weighted by atomic mass is 19.4. The third-order valence-electron chi connectivity index (χ3n) is 1.68. The minimum absolute atomic E-state index is 0.389. The minimum Gasteiger partial charge on any atom is -0.380 e. The molecule has 0 radical (unpaired) electrons. The summed E-state index contributed by atoms with van der Waals surface area (Å²) in [7, 11) is 0. The molecule has 0 aliphatic carbocycles. The summed E-state index contributed by atoms with van der Waals surface area (Å²) in [5.74, 6) is -0.469. The van der Waals surface area contributed by atoms with Crippen LogP contribution in [-0.4, -0.2) is 17.4 Å². The first kappa shape index (κ1) is 11.7. The Bertz CT molecular complexity index is 339. The molecule has 1 rings (SSSR count). The van der Waals surface area contributed by atoms with Gasteiger partial charge in [0.25, 0.3) is 0 Å². The van der Waals surface area contributed by atoms with E-state index in [0.717, 1.165) is 18.2 Å². The van der Waals surface area contributed by atoms with Gasteiger partial charge in [0, 0.05) is 0 Å². The van der Waals surface area contributed by atoms with E-state index in [0.29, 0.717) is 11.6 Å². The van der Waals surface area contributed by atoms with Crippen LogP contribution in [0.2, 0.25) is 0 Å². The number of hydrogen-bond acceptors (Lipinski definition) is 1. The summed E-state index contributed by atoms with van der Waals surface area (Å²) in [6.45, 7) is 0. The molecule has 0 saturated heterocycles. The molecule has 0 bridgehead atoms. The summed E-state index contributed by atoms with van der Waals surface area (Å²) in [6, 6.07) is 4.88. The van der Waals surface area contributed by atoms with E-state index >= 15 is 0 Å². The van der Waals surface area contributed by atoms with Crippen LogP contribution in [0.4, 0.5) is 17.6 Å². The van der Waals surface area contributed by atoms with Crippen LogP contribution >= 0.6 is 0 Å². The van der Waals surface area contributed by atoms with Gasteiger partial charge >= 0.3 is 6.18 Å². The van der Waals surface area contributed by atoms with Gasteiger partial charge in [-0.2, -0.15) is 13.2 Å². The molecule has 15 heavy (non-hydrogen) atoms. The lowest BCUT2D eigenvalue weighted by Gasteiger charge is -2.09. The zero-order valence-corrected chi connectivity index (χ0v) is 7.50. The number of aliphatic hydroxyl groups excluding tert-OH is 1. The molecule has 1 aromatic rings. The number of aliphatic hydroxyl groups is 1. The smallest absolute Gasteiger partial charge is 0.380 e. The largest absolute Gasteiger partial charge is 0.417 e. The standard InChI is InChI=1S/C10H8F4O/c11-8-4-1-7(2-5-8)3-6-9(15)10(12,13)14/h1-6,9,15H/b6-3+. The molecule has 0 spiro atoms. The highest BCUT2D eigenvalue weighted by Gasteiger charge is 2.35. The minimum atomic E-state index is -4.67. The third-order valence-corrected chi connectivity index (χ3v) is 1.68. The van der Waals surface area contributed by atoms with Gasteiger partial charge in [-0.1, -0.05) is 18.2 Å². The van der Waals surface area contributed by atoms with Crippen molar-refractivity contribution in [2.45, 2.75) is 12.3 Å². The molecule has 0 aliphatic heterocycles. The van der Waals surface area contributed by atoms with Crippen LogP contribution in [0.1, 0.15) is 5.56 Å². The monoisotopic (exact) mass is 220 g/mol. The number of halogens is 4. The van der Waals surface area contributed by atoms with Crippen molar-refractivity contribution in [2.24, 2.45) is 0 Å². The molecule has 82 valence electrons. The zero-order valence-electron chi connectivity index (χ0n) is 7.50. The fourth-order valence-corrected chi connectivity index (χ4v) is 0.885. The zero-order chi connectivity index (χ0) is 11.5. The molecule has 0 heterocycles. The Labute approximate surface area is 83.7 Å². The van der Waals surface area contributed by atoms with Gasteiger partial charge in [-0.25, -0.2) is 4.39 Å². The lowest BCUT2D eigenvalue weighted by atomic mass is 10.2. The summed E-state index contributed by atoms with van der Waals surface area (Å²) >= 11 is 0. The molecular weight excluding hydrogens is 212 g/mol. The second kappa shape index (κ2) is 4.44. The van der Waals surface area contributed by atoms with Gasteiger partial charge < -0.3 is 5.11 Å². The summed E-state index contributed by atoms with van der Waals surface area (Å²) in [5, 5.41) is 8.62. The Morgan fingerprint density at radius 1 is 1.13 bits per heavy atom. The van der Waals surface area contributed by atoms with Crippen molar-refractivity contribution < 1.29 is 22.7 Å². The van der Waals surface area contributed by atoms with Gasteiger partial charge in [-0.15, -0.1) is 0 Å². The molecular formula is C10H8F4O. The van der Waals surface area contributed by atoms with E-state index in [9.17, 15) is 17.6 Å². The fourth-order valence-electron chi connectivity index (χ4n) is 0.885. The second-order valence-corrected chi connectivity index (χ2v) is 2.90. The van der Waals surface area contributed by atoms with Crippen LogP contribution in [0.15, 0.2) is 30.3 Å². The van der Waals surface area contributed by atoms with Gasteiger partial charge in [-0.3, -0.25) is 0 Å². The quantitative estimate of drug-likeness (QED) is 0.760. The topological polar surface area (TPSA) is 20.2 Å². The number of alkyl halides is 3. The number of hydrogen-bond donors (Lipinski definition) is 1. The lowest BCUT2D eigenvalue weighted by molar-refractivity contribution is -0.187. The van der Waals surface area contributed by atoms with E-state index in [1.165, 1.54) is 12.1 Å². The van der Waals surface area contributed by atoms with E-state index in [4.69, 9.17) is 5.11 Å². The van der Waals surface area contributed by atoms with E-state index in [-0.39, 0.29) is 0 Å². The van der Waals surface area contributed by atoms with Crippen molar-refractivity contribution in [3.05, 3.63) is 41.7 Å². The Morgan fingerprint density at radius 2 is 1.67 bits per heavy atom. The average molecular weight is 220 g/mol. The van der Waals surface area contributed by atoms with Crippen molar-refractivity contribution in [2.75, 3.05) is 0 Å². The van der Waals surface area contributed by atoms with Crippen LogP contribution in [0.3, 0.4) is 0 Å². The Balaban J connectivity index is 2.70. The Hall–Kier alpha value is -1.36. The van der Waals surface area contributed by atoms with Crippen LogP contribution in [-0.2, 0) is 0 Å². The summed E-state index contributed by atoms with van der Waals surface area (Å²) < 4.78 is 48.0. The molecule has 1 nitrogen and oxygen atoms in total. The predicted octanol–water partition coefficient (Wildman–Crippen LogP) is 2.76. The Morgan fingerprint density at radius 3 is 2.13 bits per heavy atom. The molecule has 1 aromatic carbocycles. The maximum absolute atomic E-state index is 12.4. The maximum atomic E-state index is 12.4. The summed E-state index contributed by atoms with van der Waals surface area (Å²) in [6.07, 6.45) is -5.48. The first-order valence-electron chi connectivity index (χ1n) is 4.08. The van der Waals surface area contributed by atoms with Crippen molar-refractivity contribution >= 4 is 6.08 Å². The average Bonchev–Trinajstić information content (AvgIpc) is 2.15. The van der Waals surface area contributed by atoms with E-state index in [1.54, 1.807) is 0 Å². The molecule has 0 fully saturated rings. The molecule has 1 N–H and O–H groups in total. The van der Waals surface area contributed by atoms with Gasteiger partial charge in [0.1, 0.15) is 5.82 Å². The van der Waals surface area contributed by atoms with Crippen molar-refractivity contribution in [3.63, 3.8) is 0 Å². The molecule has 0 saturated carbocycles. The first-order chi connectivity index (χ1) is 6.89. The molecule has 1 atom stereocenters. The van der Waals surface area contributed by atoms with Crippen molar-refractivity contribution in [3.8, 4) is 0 Å². The van der Waals surface area contributed by atoms with Crippen molar-refractivity contribution in [1.82, 2.24) is 0 Å². The third kappa shape index (κ3) is 3.71. The van der Waals surface area contributed by atoms with E-state index in [2.05, 4.69) is 0 Å². The van der Waals surface area contributed by atoms with Gasteiger partial charge in [0.15, 0.2) is 6.10 Å². The van der Waals surface area contributed by atoms with Gasteiger partial charge in [0.2, 0.25) is 0 Å². The second-order valence-electron chi connectivity index (χ2n) is 2.90. The van der Waals surface area contributed by atoms with Gasteiger partial charge in [-0.05, 0) is 23.8 Å². The predicted molar refractivity (Wildman–Crippen MR) is 47.5 cm³/mol. The van der Waals surface area contributed by atoms with Crippen LogP contribution < -0.4 is 0 Å². The number of rotatable bonds is 2. The molecule has 0 amide bonds. The normalized spacial score (nSPS) is 14.5. The molecule has 1 unspecified atom stereocenters. The maximum Gasteiger partial charge on any atom is 0.417 e. The van der Waals surface area contributed by atoms with E-state index in [1.807, 2.05) is 0 Å². The van der Waals surface area contributed by atoms with Crippen LogP contribution in [0.25, 0.3) is 6.08 Å². The SMILES string of the molecule is OC(/C=C/c1ccc(F)cc1)C(F)(F)F. The highest BCUT2D eigenvalue weighted by molar-refractivity contribution is 5.49. The molecule has 5 heteroatoms. The number of benzene rings is 1. The Kier molecular flexibility index (Phi) is 3.47. The molecule has 0 aromatic heterocycles. The van der Waals surface area contributed by atoms with E-state index < -0.39 is 18.1 Å². The van der Waals surface area contributed by atoms with Crippen LogP contribution in [0, 0.1) is 5.82 Å². The summed E-state index contributed by atoms with van der Waals surface area (Å²) in [5.41, 5.74) is 0.389. The summed E-state index contributed by atoms with van der Waals surface area (Å²) in [4.78, 5) is 0.